The number of amides is 2. The molecule has 3 N–H and O–H groups in total. The molecule has 0 radical (unpaired) electrons. The summed E-state index contributed by atoms with van der Waals surface area (Å²) in [7, 11) is 0. The van der Waals surface area contributed by atoms with Crippen LogP contribution < -0.4 is 10.6 Å². The van der Waals surface area contributed by atoms with E-state index in [1.165, 1.54) is 0 Å². The smallest absolute Gasteiger partial charge is 0.408 e. The van der Waals surface area contributed by atoms with Crippen LogP contribution >= 0.6 is 0 Å². The van der Waals surface area contributed by atoms with Crippen LogP contribution in [0.25, 0.3) is 11.1 Å². The van der Waals surface area contributed by atoms with Gasteiger partial charge in [-0.2, -0.15) is 0 Å². The number of carbonyl (C=O) groups is 3. The molecule has 0 atom stereocenters. The van der Waals surface area contributed by atoms with Crippen molar-refractivity contribution in [3.63, 3.8) is 0 Å². The van der Waals surface area contributed by atoms with Gasteiger partial charge in [-0.25, -0.2) is 9.59 Å². The van der Waals surface area contributed by atoms with Gasteiger partial charge < -0.3 is 20.5 Å². The minimum atomic E-state index is -1.25. The van der Waals surface area contributed by atoms with Crippen LogP contribution in [0.5, 0.6) is 0 Å². The minimum absolute atomic E-state index is 0.0615. The van der Waals surface area contributed by atoms with E-state index in [-0.39, 0.29) is 30.4 Å². The van der Waals surface area contributed by atoms with E-state index in [2.05, 4.69) is 40.8 Å². The lowest BCUT2D eigenvalue weighted by atomic mass is 9.48. The minimum Gasteiger partial charge on any atom is -0.472 e. The predicted molar refractivity (Wildman–Crippen MR) is 125 cm³/mol. The van der Waals surface area contributed by atoms with E-state index in [1.54, 1.807) is 0 Å². The third-order valence-electron chi connectivity index (χ3n) is 7.42. The van der Waals surface area contributed by atoms with Crippen LogP contribution in [0.3, 0.4) is 0 Å². The number of carbonyl (C=O) groups excluding carboxylic acids is 2. The highest BCUT2D eigenvalue weighted by Crippen LogP contribution is 2.60. The Kier molecular flexibility index (Phi) is 5.52. The average Bonchev–Trinajstić information content (AvgIpc) is 3.10. The van der Waals surface area contributed by atoms with Crippen LogP contribution in [0.2, 0.25) is 0 Å². The molecule has 174 valence electrons. The summed E-state index contributed by atoms with van der Waals surface area (Å²) in [4.78, 5) is 36.4. The van der Waals surface area contributed by atoms with Crippen molar-refractivity contribution >= 4 is 18.0 Å². The molecule has 0 unspecified atom stereocenters. The largest absolute Gasteiger partial charge is 0.472 e. The van der Waals surface area contributed by atoms with Crippen molar-refractivity contribution < 1.29 is 24.2 Å². The molecule has 5 rings (SSSR count). The van der Waals surface area contributed by atoms with E-state index in [4.69, 9.17) is 9.84 Å². The van der Waals surface area contributed by atoms with Crippen LogP contribution in [-0.4, -0.2) is 41.8 Å². The lowest BCUT2D eigenvalue weighted by Gasteiger charge is -2.59. The lowest BCUT2D eigenvalue weighted by Crippen LogP contribution is -2.70. The molecule has 0 aromatic heterocycles. The fourth-order valence-corrected chi connectivity index (χ4v) is 5.81. The first-order chi connectivity index (χ1) is 16.4. The van der Waals surface area contributed by atoms with Gasteiger partial charge in [0.15, 0.2) is 0 Å². The van der Waals surface area contributed by atoms with Gasteiger partial charge in [-0.3, -0.25) is 4.79 Å². The van der Waals surface area contributed by atoms with E-state index in [1.807, 2.05) is 30.2 Å². The molecule has 2 aromatic carbocycles. The van der Waals surface area contributed by atoms with E-state index in [0.29, 0.717) is 12.8 Å². The van der Waals surface area contributed by atoms with Crippen molar-refractivity contribution in [2.24, 2.45) is 5.41 Å². The van der Waals surface area contributed by atoms with Crippen LogP contribution in [0.4, 0.5) is 4.79 Å². The number of hydrogen-bond donors (Lipinski definition) is 3. The third-order valence-corrected chi connectivity index (χ3v) is 7.42. The molecule has 7 nitrogen and oxygen atoms in total. The topological polar surface area (TPSA) is 105 Å². The zero-order valence-electron chi connectivity index (χ0n) is 18.7. The molecule has 34 heavy (non-hydrogen) atoms. The number of fused-ring (bicyclic) bond motifs is 3. The van der Waals surface area contributed by atoms with Gasteiger partial charge in [-0.15, -0.1) is 0 Å². The van der Waals surface area contributed by atoms with Crippen LogP contribution in [0.15, 0.2) is 48.5 Å². The molecule has 3 aliphatic carbocycles. The summed E-state index contributed by atoms with van der Waals surface area (Å²) in [6.45, 7) is 0.0824. The molecule has 0 bridgehead atoms. The summed E-state index contributed by atoms with van der Waals surface area (Å²) < 4.78 is 5.66. The second-order valence-corrected chi connectivity index (χ2v) is 9.53. The number of ether oxygens (including phenoxy) is 1. The fourth-order valence-electron chi connectivity index (χ4n) is 5.81. The van der Waals surface area contributed by atoms with E-state index in [9.17, 15) is 14.4 Å². The number of nitrogens with one attached hydrogen (secondary N) is 2. The maximum atomic E-state index is 12.9. The average molecular weight is 459 g/mol. The second kappa shape index (κ2) is 8.53. The first kappa shape index (κ1) is 22.0. The van der Waals surface area contributed by atoms with Gasteiger partial charge in [0.05, 0.1) is 6.54 Å². The second-order valence-electron chi connectivity index (χ2n) is 9.53. The van der Waals surface area contributed by atoms with Gasteiger partial charge in [0, 0.05) is 11.8 Å². The van der Waals surface area contributed by atoms with Gasteiger partial charge in [-0.1, -0.05) is 60.9 Å². The zero-order chi connectivity index (χ0) is 23.8. The van der Waals surface area contributed by atoms with Crippen LogP contribution in [0.1, 0.15) is 49.1 Å². The molecular weight excluding hydrogens is 432 g/mol. The summed E-state index contributed by atoms with van der Waals surface area (Å²) in [6, 6.07) is 16.2. The van der Waals surface area contributed by atoms with Crippen molar-refractivity contribution in [2.45, 2.75) is 43.6 Å². The number of alkyl carbamates (subject to hydrolysis) is 1. The Bertz CT molecular complexity index is 1170. The van der Waals surface area contributed by atoms with Gasteiger partial charge in [0.1, 0.15) is 12.1 Å². The highest BCUT2D eigenvalue weighted by molar-refractivity contribution is 5.92. The monoisotopic (exact) mass is 458 g/mol. The Morgan fingerprint density at radius 2 is 1.62 bits per heavy atom. The van der Waals surface area contributed by atoms with E-state index < -0.39 is 17.6 Å². The molecule has 7 heteroatoms. The van der Waals surface area contributed by atoms with Crippen molar-refractivity contribution in [2.75, 3.05) is 13.2 Å². The number of aliphatic carboxylic acids is 1. The Hall–Kier alpha value is -3.79. The molecular formula is C27H26N2O5. The first-order valence-corrected chi connectivity index (χ1v) is 11.5. The molecule has 3 aliphatic rings. The SMILES string of the molecule is O=C(O)C#CCNC(=O)C1(NC(=O)OCC2c3ccccc3-c3ccccc32)CC2(CCC2)C1. The number of rotatable bonds is 5. The molecule has 0 saturated heterocycles. The summed E-state index contributed by atoms with van der Waals surface area (Å²) in [6.07, 6.45) is 3.72. The first-order valence-electron chi connectivity index (χ1n) is 11.5. The Morgan fingerprint density at radius 1 is 1.00 bits per heavy atom. The molecule has 2 aromatic rings. The van der Waals surface area contributed by atoms with E-state index >= 15 is 0 Å². The maximum Gasteiger partial charge on any atom is 0.408 e. The van der Waals surface area contributed by atoms with Crippen molar-refractivity contribution in [1.29, 1.82) is 0 Å². The predicted octanol–water partition coefficient (Wildman–Crippen LogP) is 3.43. The Labute approximate surface area is 197 Å². The van der Waals surface area contributed by atoms with Gasteiger partial charge in [-0.05, 0) is 53.4 Å². The van der Waals surface area contributed by atoms with Gasteiger partial charge in [0.2, 0.25) is 5.91 Å². The molecule has 0 aliphatic heterocycles. The Morgan fingerprint density at radius 3 is 2.18 bits per heavy atom. The van der Waals surface area contributed by atoms with Crippen molar-refractivity contribution in [1.82, 2.24) is 10.6 Å². The third kappa shape index (κ3) is 3.90. The fraction of sp³-hybridized carbons (Fsp3) is 0.370. The van der Waals surface area contributed by atoms with Crippen LogP contribution in [-0.2, 0) is 14.3 Å². The normalized spacial score (nSPS) is 18.2. The molecule has 2 saturated carbocycles. The molecule has 0 heterocycles. The number of benzene rings is 2. The zero-order valence-corrected chi connectivity index (χ0v) is 18.7. The lowest BCUT2D eigenvalue weighted by molar-refractivity contribution is -0.143. The van der Waals surface area contributed by atoms with Crippen molar-refractivity contribution in [3.05, 3.63) is 59.7 Å². The molecule has 2 fully saturated rings. The summed E-state index contributed by atoms with van der Waals surface area (Å²) in [5.74, 6) is 2.71. The maximum absolute atomic E-state index is 12.9. The van der Waals surface area contributed by atoms with Crippen molar-refractivity contribution in [3.8, 4) is 23.0 Å². The van der Waals surface area contributed by atoms with Gasteiger partial charge in [0.25, 0.3) is 0 Å². The molecule has 2 amide bonds. The van der Waals surface area contributed by atoms with E-state index in [0.717, 1.165) is 41.5 Å². The number of carboxylic acid groups (broad SMARTS) is 1. The highest BCUT2D eigenvalue weighted by atomic mass is 16.5. The standard InChI is InChI=1S/C27H26N2O5/c30-23(31)11-5-14-28-24(32)27(16-26(17-27)12-6-13-26)29-25(33)34-15-22-20-9-3-1-7-18(20)19-8-2-4-10-21(19)22/h1-4,7-10,22H,6,12-17H2,(H,28,32)(H,29,33)(H,30,31). The summed E-state index contributed by atoms with van der Waals surface area (Å²) in [5, 5.41) is 14.1. The number of hydrogen-bond acceptors (Lipinski definition) is 4. The highest BCUT2D eigenvalue weighted by Gasteiger charge is 2.61. The van der Waals surface area contributed by atoms with Gasteiger partial charge >= 0.3 is 12.1 Å². The Balaban J connectivity index is 1.25. The summed E-state index contributed by atoms with van der Waals surface area (Å²) >= 11 is 0. The molecule has 1 spiro atoms. The van der Waals surface area contributed by atoms with Crippen LogP contribution in [0, 0.1) is 17.3 Å². The summed E-state index contributed by atoms with van der Waals surface area (Å²) in [5.41, 5.74) is 3.61. The number of carboxylic acids is 1. The quantitative estimate of drug-likeness (QED) is 0.596.